The van der Waals surface area contributed by atoms with E-state index in [1.54, 1.807) is 24.3 Å². The van der Waals surface area contributed by atoms with Gasteiger partial charge in [-0.15, -0.1) is 0 Å². The number of carbonyl (C=O) groups is 4. The van der Waals surface area contributed by atoms with Crippen molar-refractivity contribution in [2.45, 2.75) is 38.5 Å². The van der Waals surface area contributed by atoms with Gasteiger partial charge in [0, 0.05) is 25.8 Å². The fraction of sp³-hybridized carbons (Fsp3) is 0.444. The molecule has 1 heterocycles. The van der Waals surface area contributed by atoms with Gasteiger partial charge in [0.25, 0.3) is 0 Å². The molecule has 0 unspecified atom stereocenters. The van der Waals surface area contributed by atoms with Crippen LogP contribution in [0.5, 0.6) is 0 Å². The average Bonchev–Trinajstić information content (AvgIpc) is 2.61. The summed E-state index contributed by atoms with van der Waals surface area (Å²) in [7, 11) is 0. The zero-order valence-corrected chi connectivity index (χ0v) is 14.5. The van der Waals surface area contributed by atoms with Crippen LogP contribution in [0.15, 0.2) is 24.3 Å². The third-order valence-corrected chi connectivity index (χ3v) is 4.03. The SMILES string of the molecule is O=C(O)CCCCCNC(=O)CCC(=O)N1CC(=O)Nc2ccccc21. The number of carboxylic acid groups (broad SMARTS) is 1. The average molecular weight is 361 g/mol. The van der Waals surface area contributed by atoms with Crippen molar-refractivity contribution in [1.82, 2.24) is 5.32 Å². The Morgan fingerprint density at radius 1 is 1.08 bits per heavy atom. The van der Waals surface area contributed by atoms with E-state index in [0.717, 1.165) is 6.42 Å². The first-order chi connectivity index (χ1) is 12.5. The van der Waals surface area contributed by atoms with Gasteiger partial charge < -0.3 is 20.6 Å². The topological polar surface area (TPSA) is 116 Å². The molecule has 0 saturated carbocycles. The molecule has 26 heavy (non-hydrogen) atoms. The molecule has 3 N–H and O–H groups in total. The summed E-state index contributed by atoms with van der Waals surface area (Å²) in [6.07, 6.45) is 2.21. The maximum atomic E-state index is 12.4. The summed E-state index contributed by atoms with van der Waals surface area (Å²) in [5, 5.41) is 14.0. The lowest BCUT2D eigenvalue weighted by Crippen LogP contribution is -2.42. The third-order valence-electron chi connectivity index (χ3n) is 4.03. The van der Waals surface area contributed by atoms with Crippen molar-refractivity contribution in [3.8, 4) is 0 Å². The van der Waals surface area contributed by atoms with Crippen molar-refractivity contribution in [3.05, 3.63) is 24.3 Å². The van der Waals surface area contributed by atoms with Crippen molar-refractivity contribution in [3.63, 3.8) is 0 Å². The fourth-order valence-corrected chi connectivity index (χ4v) is 2.71. The van der Waals surface area contributed by atoms with Crippen LogP contribution in [-0.4, -0.2) is 41.9 Å². The first-order valence-electron chi connectivity index (χ1n) is 8.65. The highest BCUT2D eigenvalue weighted by Gasteiger charge is 2.26. The van der Waals surface area contributed by atoms with Gasteiger partial charge >= 0.3 is 5.97 Å². The first-order valence-corrected chi connectivity index (χ1v) is 8.65. The fourth-order valence-electron chi connectivity index (χ4n) is 2.71. The van der Waals surface area contributed by atoms with E-state index in [1.807, 2.05) is 0 Å². The van der Waals surface area contributed by atoms with E-state index in [1.165, 1.54) is 4.90 Å². The molecule has 2 rings (SSSR count). The smallest absolute Gasteiger partial charge is 0.303 e. The Bertz CT molecular complexity index is 689. The van der Waals surface area contributed by atoms with Gasteiger partial charge in [0.2, 0.25) is 17.7 Å². The Kier molecular flexibility index (Phi) is 7.13. The van der Waals surface area contributed by atoms with Crippen LogP contribution < -0.4 is 15.5 Å². The Morgan fingerprint density at radius 2 is 1.85 bits per heavy atom. The van der Waals surface area contributed by atoms with Gasteiger partial charge in [-0.05, 0) is 25.0 Å². The summed E-state index contributed by atoms with van der Waals surface area (Å²) in [6, 6.07) is 7.04. The van der Waals surface area contributed by atoms with Gasteiger partial charge in [-0.3, -0.25) is 19.2 Å². The highest BCUT2D eigenvalue weighted by atomic mass is 16.4. The number of rotatable bonds is 9. The molecule has 1 aromatic carbocycles. The molecule has 3 amide bonds. The lowest BCUT2D eigenvalue weighted by Gasteiger charge is -2.29. The number of carboxylic acids is 1. The van der Waals surface area contributed by atoms with E-state index in [9.17, 15) is 19.2 Å². The molecule has 0 saturated heterocycles. The number of para-hydroxylation sites is 2. The second-order valence-electron chi connectivity index (χ2n) is 6.10. The van der Waals surface area contributed by atoms with E-state index in [2.05, 4.69) is 10.6 Å². The number of carbonyl (C=O) groups excluding carboxylic acids is 3. The third kappa shape index (κ3) is 5.87. The minimum atomic E-state index is -0.819. The predicted octanol–water partition coefficient (Wildman–Crippen LogP) is 1.51. The Labute approximate surface area is 151 Å². The van der Waals surface area contributed by atoms with Crippen LogP contribution in [0, 0.1) is 0 Å². The van der Waals surface area contributed by atoms with E-state index < -0.39 is 5.97 Å². The Hall–Kier alpha value is -2.90. The quantitative estimate of drug-likeness (QED) is 0.577. The Morgan fingerprint density at radius 3 is 2.62 bits per heavy atom. The molecule has 0 aliphatic carbocycles. The summed E-state index contributed by atoms with van der Waals surface area (Å²) < 4.78 is 0. The second kappa shape index (κ2) is 9.55. The van der Waals surface area contributed by atoms with Crippen LogP contribution >= 0.6 is 0 Å². The minimum Gasteiger partial charge on any atom is -0.481 e. The number of amides is 3. The molecule has 1 aliphatic rings. The molecule has 0 fully saturated rings. The number of unbranched alkanes of at least 4 members (excludes halogenated alkanes) is 2. The van der Waals surface area contributed by atoms with Crippen molar-refractivity contribution < 1.29 is 24.3 Å². The normalized spacial score (nSPS) is 12.9. The maximum Gasteiger partial charge on any atom is 0.303 e. The standard InChI is InChI=1S/C18H23N3O5/c22-15(19-11-5-1-2-8-18(25)26)9-10-17(24)21-12-16(23)20-13-6-3-4-7-14(13)21/h3-4,6-7H,1-2,5,8-12H2,(H,19,22)(H,20,23)(H,25,26). The van der Waals surface area contributed by atoms with Gasteiger partial charge in [0.15, 0.2) is 0 Å². The maximum absolute atomic E-state index is 12.4. The van der Waals surface area contributed by atoms with Crippen LogP contribution in [0.2, 0.25) is 0 Å². The van der Waals surface area contributed by atoms with Crippen molar-refractivity contribution in [2.24, 2.45) is 0 Å². The minimum absolute atomic E-state index is 0.0203. The predicted molar refractivity (Wildman–Crippen MR) is 95.8 cm³/mol. The van der Waals surface area contributed by atoms with E-state index in [4.69, 9.17) is 5.11 Å². The number of anilines is 2. The van der Waals surface area contributed by atoms with Crippen LogP contribution in [0.4, 0.5) is 11.4 Å². The molecule has 0 atom stereocenters. The molecule has 0 spiro atoms. The van der Waals surface area contributed by atoms with Crippen molar-refractivity contribution >= 4 is 35.1 Å². The van der Waals surface area contributed by atoms with E-state index in [0.29, 0.717) is 30.8 Å². The number of hydrogen-bond acceptors (Lipinski definition) is 4. The molecule has 8 heteroatoms. The first kappa shape index (κ1) is 19.4. The summed E-state index contributed by atoms with van der Waals surface area (Å²) >= 11 is 0. The molecule has 0 radical (unpaired) electrons. The zero-order valence-electron chi connectivity index (χ0n) is 14.5. The molecular weight excluding hydrogens is 338 g/mol. The number of nitrogens with one attached hydrogen (secondary N) is 2. The Balaban J connectivity index is 1.72. The largest absolute Gasteiger partial charge is 0.481 e. The summed E-state index contributed by atoms with van der Waals surface area (Å²) in [6.45, 7) is 0.405. The number of nitrogens with zero attached hydrogens (tertiary/aromatic N) is 1. The highest BCUT2D eigenvalue weighted by molar-refractivity contribution is 6.10. The summed E-state index contributed by atoms with van der Waals surface area (Å²) in [5.74, 6) is -1.58. The molecule has 0 aromatic heterocycles. The molecule has 1 aromatic rings. The molecule has 1 aliphatic heterocycles. The number of benzene rings is 1. The monoisotopic (exact) mass is 361 g/mol. The van der Waals surface area contributed by atoms with Gasteiger partial charge in [-0.25, -0.2) is 0 Å². The van der Waals surface area contributed by atoms with Gasteiger partial charge in [-0.2, -0.15) is 0 Å². The van der Waals surface area contributed by atoms with Crippen LogP contribution in [0.1, 0.15) is 38.5 Å². The van der Waals surface area contributed by atoms with Crippen LogP contribution in [0.25, 0.3) is 0 Å². The van der Waals surface area contributed by atoms with E-state index >= 15 is 0 Å². The molecule has 0 bridgehead atoms. The lowest BCUT2D eigenvalue weighted by atomic mass is 10.1. The number of fused-ring (bicyclic) bond motifs is 1. The van der Waals surface area contributed by atoms with Gasteiger partial charge in [0.1, 0.15) is 6.54 Å². The molecule has 8 nitrogen and oxygen atoms in total. The van der Waals surface area contributed by atoms with Crippen molar-refractivity contribution in [2.75, 3.05) is 23.3 Å². The molecule has 140 valence electrons. The summed E-state index contributed by atoms with van der Waals surface area (Å²) in [4.78, 5) is 47.7. The second-order valence-corrected chi connectivity index (χ2v) is 6.10. The van der Waals surface area contributed by atoms with Crippen molar-refractivity contribution in [1.29, 1.82) is 0 Å². The summed E-state index contributed by atoms with van der Waals surface area (Å²) in [5.41, 5.74) is 1.22. The number of hydrogen-bond donors (Lipinski definition) is 3. The lowest BCUT2D eigenvalue weighted by molar-refractivity contribution is -0.137. The van der Waals surface area contributed by atoms with Crippen LogP contribution in [0.3, 0.4) is 0 Å². The van der Waals surface area contributed by atoms with E-state index in [-0.39, 0.29) is 43.5 Å². The van der Waals surface area contributed by atoms with Gasteiger partial charge in [-0.1, -0.05) is 18.6 Å². The molecular formula is C18H23N3O5. The number of aliphatic carboxylic acids is 1. The highest BCUT2D eigenvalue weighted by Crippen LogP contribution is 2.29. The van der Waals surface area contributed by atoms with Crippen LogP contribution in [-0.2, 0) is 19.2 Å². The van der Waals surface area contributed by atoms with Gasteiger partial charge in [0.05, 0.1) is 11.4 Å². The zero-order chi connectivity index (χ0) is 18.9.